The van der Waals surface area contributed by atoms with Gasteiger partial charge in [-0.05, 0) is 92.7 Å². The van der Waals surface area contributed by atoms with E-state index in [4.69, 9.17) is 4.42 Å². The molecule has 60 heavy (non-hydrogen) atoms. The smallest absolute Gasteiger partial charge is 0.198 e. The fourth-order valence-electron chi connectivity index (χ4n) is 9.68. The Hall–Kier alpha value is -6.72. The van der Waals surface area contributed by atoms with Gasteiger partial charge in [0.25, 0.3) is 0 Å². The third-order valence-corrected chi connectivity index (χ3v) is 13.0. The van der Waals surface area contributed by atoms with E-state index in [1.807, 2.05) is 6.07 Å². The second-order valence-electron chi connectivity index (χ2n) is 18.9. The van der Waals surface area contributed by atoms with Gasteiger partial charge in [0.2, 0.25) is 0 Å². The summed E-state index contributed by atoms with van der Waals surface area (Å²) in [5, 5.41) is 8.63. The molecule has 9 aromatic rings. The summed E-state index contributed by atoms with van der Waals surface area (Å²) >= 11 is 0. The van der Waals surface area contributed by atoms with E-state index < -0.39 is 0 Å². The number of nitrogens with one attached hydrogen (secondary N) is 1. The number of anilines is 3. The van der Waals surface area contributed by atoms with E-state index in [-0.39, 0.29) is 10.8 Å². The summed E-state index contributed by atoms with van der Waals surface area (Å²) in [6, 6.07) is 49.1. The van der Waals surface area contributed by atoms with Gasteiger partial charge in [-0.2, -0.15) is 0 Å². The van der Waals surface area contributed by atoms with Crippen molar-refractivity contribution in [2.24, 2.45) is 0 Å². The predicted octanol–water partition coefficient (Wildman–Crippen LogP) is 12.9. The summed E-state index contributed by atoms with van der Waals surface area (Å²) in [5.74, 6) is 0. The summed E-state index contributed by atoms with van der Waals surface area (Å²) in [4.78, 5) is 2.33. The first kappa shape index (κ1) is 36.4. The first-order valence-electron chi connectivity index (χ1n) is 21.1. The quantitative estimate of drug-likeness (QED) is 0.181. The molecule has 0 saturated heterocycles. The molecule has 2 aliphatic rings. The Balaban J connectivity index is 1.17. The van der Waals surface area contributed by atoms with E-state index in [2.05, 4.69) is 203 Å². The molecule has 0 atom stereocenters. The number of furan rings is 1. The molecule has 2 aromatic heterocycles. The van der Waals surface area contributed by atoms with E-state index in [1.165, 1.54) is 66.3 Å². The molecule has 4 heterocycles. The van der Waals surface area contributed by atoms with E-state index in [9.17, 15) is 0 Å². The van der Waals surface area contributed by atoms with Crippen LogP contribution in [0.1, 0.15) is 63.8 Å². The van der Waals surface area contributed by atoms with Gasteiger partial charge in [-0.15, -0.1) is 0 Å². The highest BCUT2D eigenvalue weighted by molar-refractivity contribution is 6.73. The van der Waals surface area contributed by atoms with Crippen LogP contribution in [-0.2, 0) is 10.8 Å². The van der Waals surface area contributed by atoms with Crippen LogP contribution in [0.15, 0.2) is 151 Å². The fourth-order valence-corrected chi connectivity index (χ4v) is 9.68. The number of hydrogen-bond acceptors (Lipinski definition) is 3. The number of benzene rings is 7. The molecular weight excluding hydrogens is 729 g/mol. The molecular formula is C55H48BN3O. The number of allylic oxidation sites excluding steroid dienone is 2. The molecule has 0 spiro atoms. The van der Waals surface area contributed by atoms with Crippen LogP contribution in [0.3, 0.4) is 0 Å². The van der Waals surface area contributed by atoms with Crippen molar-refractivity contribution in [1.82, 2.24) is 4.57 Å². The van der Waals surface area contributed by atoms with Gasteiger partial charge in [0.05, 0.1) is 11.2 Å². The minimum Gasteiger partial charge on any atom is -0.456 e. The Labute approximate surface area is 352 Å². The maximum absolute atomic E-state index is 6.56. The second kappa shape index (κ2) is 12.9. The second-order valence-corrected chi connectivity index (χ2v) is 18.9. The molecule has 0 unspecified atom stereocenters. The van der Waals surface area contributed by atoms with Crippen molar-refractivity contribution in [2.45, 2.75) is 52.4 Å². The van der Waals surface area contributed by atoms with Gasteiger partial charge in [-0.25, -0.2) is 0 Å². The SMILES string of the molecule is C=C1C=C(c2ccccc2)N(C)c2cc3c(cc21)Bc1c(-c2cc(C(C)(C)C)ccc2Nc2ccc(C(C)(C)C)cc2)ccc2c4cc5c(cc4n-3c12)oc1ccccc15. The van der Waals surface area contributed by atoms with E-state index >= 15 is 0 Å². The minimum absolute atomic E-state index is 0.0289. The number of hydrogen-bond donors (Lipinski definition) is 1. The van der Waals surface area contributed by atoms with Crippen LogP contribution in [0.25, 0.3) is 71.8 Å². The lowest BCUT2D eigenvalue weighted by Gasteiger charge is -2.33. The van der Waals surface area contributed by atoms with Gasteiger partial charge >= 0.3 is 0 Å². The Kier molecular flexibility index (Phi) is 7.81. The fraction of sp³-hybridized carbons (Fsp3) is 0.164. The average molecular weight is 778 g/mol. The van der Waals surface area contributed by atoms with Crippen molar-refractivity contribution in [1.29, 1.82) is 0 Å². The molecule has 5 heteroatoms. The molecule has 292 valence electrons. The Bertz CT molecular complexity index is 3300. The molecule has 11 rings (SSSR count). The zero-order valence-corrected chi connectivity index (χ0v) is 35.5. The first-order valence-corrected chi connectivity index (χ1v) is 21.1. The number of aromatic nitrogens is 1. The molecule has 7 aromatic carbocycles. The number of rotatable bonds is 4. The minimum atomic E-state index is -0.0289. The highest BCUT2D eigenvalue weighted by Crippen LogP contribution is 2.44. The molecule has 0 amide bonds. The third-order valence-electron chi connectivity index (χ3n) is 13.0. The summed E-state index contributed by atoms with van der Waals surface area (Å²) in [7, 11) is 2.97. The van der Waals surface area contributed by atoms with Gasteiger partial charge in [0.1, 0.15) is 11.2 Å². The summed E-state index contributed by atoms with van der Waals surface area (Å²) in [6.07, 6.45) is 2.23. The highest BCUT2D eigenvalue weighted by Gasteiger charge is 2.31. The summed E-state index contributed by atoms with van der Waals surface area (Å²) < 4.78 is 9.09. The van der Waals surface area contributed by atoms with Crippen molar-refractivity contribution >= 4 is 90.3 Å². The predicted molar refractivity (Wildman–Crippen MR) is 259 cm³/mol. The molecule has 0 saturated carbocycles. The Morgan fingerprint density at radius 3 is 2.10 bits per heavy atom. The topological polar surface area (TPSA) is 33.3 Å². The molecule has 0 bridgehead atoms. The molecule has 0 fully saturated rings. The monoisotopic (exact) mass is 777 g/mol. The zero-order valence-electron chi connectivity index (χ0n) is 35.5. The van der Waals surface area contributed by atoms with E-state index in [0.717, 1.165) is 63.1 Å². The van der Waals surface area contributed by atoms with Gasteiger partial charge < -0.3 is 19.2 Å². The van der Waals surface area contributed by atoms with Crippen LogP contribution in [0.5, 0.6) is 0 Å². The zero-order chi connectivity index (χ0) is 41.2. The van der Waals surface area contributed by atoms with Crippen LogP contribution >= 0.6 is 0 Å². The molecule has 1 N–H and O–H groups in total. The maximum atomic E-state index is 6.56. The summed E-state index contributed by atoms with van der Waals surface area (Å²) in [5.41, 5.74) is 21.0. The summed E-state index contributed by atoms with van der Waals surface area (Å²) in [6.45, 7) is 18.3. The van der Waals surface area contributed by atoms with Crippen LogP contribution in [-0.4, -0.2) is 18.9 Å². The lowest BCUT2D eigenvalue weighted by molar-refractivity contribution is 0.590. The highest BCUT2D eigenvalue weighted by atomic mass is 16.3. The molecule has 4 nitrogen and oxygen atoms in total. The van der Waals surface area contributed by atoms with Crippen LogP contribution < -0.4 is 21.1 Å². The van der Waals surface area contributed by atoms with Gasteiger partial charge in [-0.3, -0.25) is 0 Å². The third kappa shape index (κ3) is 5.59. The van der Waals surface area contributed by atoms with E-state index in [1.54, 1.807) is 0 Å². The van der Waals surface area contributed by atoms with Crippen LogP contribution in [0.2, 0.25) is 0 Å². The van der Waals surface area contributed by atoms with Crippen LogP contribution in [0, 0.1) is 0 Å². The first-order chi connectivity index (χ1) is 28.8. The average Bonchev–Trinajstić information content (AvgIpc) is 3.76. The van der Waals surface area contributed by atoms with Crippen molar-refractivity contribution < 1.29 is 4.42 Å². The van der Waals surface area contributed by atoms with E-state index in [0.29, 0.717) is 0 Å². The Morgan fingerprint density at radius 1 is 0.600 bits per heavy atom. The Morgan fingerprint density at radius 2 is 1.33 bits per heavy atom. The molecule has 2 aliphatic heterocycles. The number of nitrogens with zero attached hydrogens (tertiary/aromatic N) is 2. The normalized spacial score (nSPS) is 13.8. The van der Waals surface area contributed by atoms with Crippen molar-refractivity contribution in [3.8, 4) is 16.8 Å². The van der Waals surface area contributed by atoms with Gasteiger partial charge in [0.15, 0.2) is 7.28 Å². The van der Waals surface area contributed by atoms with Crippen molar-refractivity contribution in [2.75, 3.05) is 17.3 Å². The number of para-hydroxylation sites is 1. The van der Waals surface area contributed by atoms with Gasteiger partial charge in [0, 0.05) is 74.1 Å². The lowest BCUT2D eigenvalue weighted by Crippen LogP contribution is -2.38. The van der Waals surface area contributed by atoms with Gasteiger partial charge in [-0.1, -0.05) is 139 Å². The molecule has 0 radical (unpaired) electrons. The lowest BCUT2D eigenvalue weighted by atomic mass is 9.58. The molecule has 0 aliphatic carbocycles. The van der Waals surface area contributed by atoms with Crippen molar-refractivity contribution in [3.05, 3.63) is 168 Å². The maximum Gasteiger partial charge on any atom is 0.198 e. The largest absolute Gasteiger partial charge is 0.456 e. The number of fused-ring (bicyclic) bond motifs is 9. The van der Waals surface area contributed by atoms with Crippen molar-refractivity contribution in [3.63, 3.8) is 0 Å². The van der Waals surface area contributed by atoms with Crippen LogP contribution in [0.4, 0.5) is 17.1 Å². The standard InChI is InChI=1S/C55H48BN3O/c1-32-26-46(33-14-10-9-11-15-33)58(8)47-30-49-44(29-40(32)47)56-52-38(41-27-35(55(5,6)7)20-25-45(41)57-36-21-18-34(19-22-36)54(2,3)4)23-24-39-42-28-43-37-16-12-13-17-50(37)60-51(43)31-48(42)59(49)53(39)52/h9-31,56-57H,1H2,2-8H3.